The van der Waals surface area contributed by atoms with Crippen LogP contribution in [0.3, 0.4) is 0 Å². The molecule has 20 heavy (non-hydrogen) atoms. The lowest BCUT2D eigenvalue weighted by Gasteiger charge is -2.16. The molecule has 3 heterocycles. The molecule has 0 N–H and O–H groups in total. The van der Waals surface area contributed by atoms with Gasteiger partial charge in [-0.3, -0.25) is 4.99 Å². The SMILES string of the molecule is CCC1=C(c2csc3ccc(Cl)cc23)N2CCN=C2S1. The first-order chi connectivity index (χ1) is 9.78. The molecule has 102 valence electrons. The molecule has 4 rings (SSSR count). The van der Waals surface area contributed by atoms with Gasteiger partial charge in [0.2, 0.25) is 0 Å². The van der Waals surface area contributed by atoms with Crippen LogP contribution in [-0.4, -0.2) is 23.2 Å². The number of thiophene rings is 1. The number of amidine groups is 1. The average molecular weight is 321 g/mol. The van der Waals surface area contributed by atoms with E-state index in [1.54, 1.807) is 11.3 Å². The Morgan fingerprint density at radius 2 is 2.30 bits per heavy atom. The van der Waals surface area contributed by atoms with E-state index >= 15 is 0 Å². The predicted octanol–water partition coefficient (Wildman–Crippen LogP) is 5.05. The van der Waals surface area contributed by atoms with Crippen LogP contribution in [-0.2, 0) is 0 Å². The van der Waals surface area contributed by atoms with Gasteiger partial charge in [0.05, 0.1) is 12.2 Å². The third-order valence-electron chi connectivity index (χ3n) is 3.66. The van der Waals surface area contributed by atoms with E-state index < -0.39 is 0 Å². The standard InChI is InChI=1S/C15H13ClN2S2/c1-2-12-14(18-6-5-17-15(18)20-12)11-8-19-13-4-3-9(16)7-10(11)13/h3-4,7-8H,2,5-6H2,1H3. The van der Waals surface area contributed by atoms with Crippen molar-refractivity contribution in [3.63, 3.8) is 0 Å². The highest BCUT2D eigenvalue weighted by Crippen LogP contribution is 2.46. The second-order valence-electron chi connectivity index (χ2n) is 4.83. The smallest absolute Gasteiger partial charge is 0.168 e. The Balaban J connectivity index is 1.93. The molecule has 0 atom stereocenters. The van der Waals surface area contributed by atoms with Crippen molar-refractivity contribution < 1.29 is 0 Å². The topological polar surface area (TPSA) is 15.6 Å². The number of rotatable bonds is 2. The molecule has 0 bridgehead atoms. The van der Waals surface area contributed by atoms with Gasteiger partial charge in [-0.25, -0.2) is 0 Å². The molecule has 0 aliphatic carbocycles. The molecule has 1 aromatic heterocycles. The van der Waals surface area contributed by atoms with Crippen LogP contribution < -0.4 is 0 Å². The van der Waals surface area contributed by atoms with Crippen LogP contribution in [0.2, 0.25) is 5.02 Å². The molecule has 2 nitrogen and oxygen atoms in total. The van der Waals surface area contributed by atoms with Gasteiger partial charge in [-0.2, -0.15) is 0 Å². The van der Waals surface area contributed by atoms with Crippen molar-refractivity contribution in [1.29, 1.82) is 0 Å². The lowest BCUT2D eigenvalue weighted by Crippen LogP contribution is -2.19. The van der Waals surface area contributed by atoms with E-state index in [0.29, 0.717) is 0 Å². The van der Waals surface area contributed by atoms with E-state index in [1.807, 2.05) is 17.8 Å². The molecule has 0 saturated carbocycles. The highest BCUT2D eigenvalue weighted by Gasteiger charge is 2.33. The number of hydrogen-bond acceptors (Lipinski definition) is 4. The summed E-state index contributed by atoms with van der Waals surface area (Å²) in [5.41, 5.74) is 2.66. The molecular formula is C15H13ClN2S2. The van der Waals surface area contributed by atoms with Crippen molar-refractivity contribution in [2.24, 2.45) is 4.99 Å². The minimum absolute atomic E-state index is 0.803. The van der Waals surface area contributed by atoms with Crippen LogP contribution in [0.15, 0.2) is 33.5 Å². The fourth-order valence-corrected chi connectivity index (χ4v) is 4.98. The van der Waals surface area contributed by atoms with Crippen LogP contribution in [0.4, 0.5) is 0 Å². The van der Waals surface area contributed by atoms with Gasteiger partial charge in [0.1, 0.15) is 0 Å². The summed E-state index contributed by atoms with van der Waals surface area (Å²) in [5.74, 6) is 0. The Kier molecular flexibility index (Phi) is 3.05. The van der Waals surface area contributed by atoms with E-state index in [1.165, 1.54) is 31.4 Å². The number of thioether (sulfide) groups is 1. The van der Waals surface area contributed by atoms with Gasteiger partial charge >= 0.3 is 0 Å². The summed E-state index contributed by atoms with van der Waals surface area (Å²) >= 11 is 9.80. The molecule has 1 aromatic carbocycles. The third kappa shape index (κ3) is 1.82. The molecule has 0 amide bonds. The van der Waals surface area contributed by atoms with Gasteiger partial charge in [-0.05, 0) is 24.6 Å². The average Bonchev–Trinajstić information content (AvgIpc) is 3.11. The minimum atomic E-state index is 0.803. The molecule has 0 radical (unpaired) electrons. The van der Waals surface area contributed by atoms with Gasteiger partial charge in [0, 0.05) is 37.5 Å². The molecule has 0 unspecified atom stereocenters. The van der Waals surface area contributed by atoms with Gasteiger partial charge in [-0.1, -0.05) is 30.3 Å². The van der Waals surface area contributed by atoms with Crippen LogP contribution in [0.5, 0.6) is 0 Å². The Hall–Kier alpha value is -0.970. The maximum absolute atomic E-state index is 6.18. The largest absolute Gasteiger partial charge is 0.318 e. The molecular weight excluding hydrogens is 308 g/mol. The number of allylic oxidation sites excluding steroid dienone is 1. The van der Waals surface area contributed by atoms with Gasteiger partial charge in [-0.15, -0.1) is 11.3 Å². The second-order valence-corrected chi connectivity index (χ2v) is 7.24. The summed E-state index contributed by atoms with van der Waals surface area (Å²) in [4.78, 5) is 8.38. The first-order valence-corrected chi connectivity index (χ1v) is 8.75. The van der Waals surface area contributed by atoms with Crippen LogP contribution in [0, 0.1) is 0 Å². The summed E-state index contributed by atoms with van der Waals surface area (Å²) < 4.78 is 1.29. The highest BCUT2D eigenvalue weighted by molar-refractivity contribution is 8.17. The van der Waals surface area contributed by atoms with Crippen molar-refractivity contribution in [1.82, 2.24) is 4.90 Å². The van der Waals surface area contributed by atoms with Crippen molar-refractivity contribution in [2.75, 3.05) is 13.1 Å². The number of benzene rings is 1. The normalized spacial score (nSPS) is 18.1. The van der Waals surface area contributed by atoms with Crippen LogP contribution in [0.1, 0.15) is 18.9 Å². The van der Waals surface area contributed by atoms with E-state index in [4.69, 9.17) is 11.6 Å². The second kappa shape index (κ2) is 4.79. The zero-order chi connectivity index (χ0) is 13.7. The first-order valence-electron chi connectivity index (χ1n) is 6.68. The molecule has 0 fully saturated rings. The molecule has 0 saturated heterocycles. The molecule has 0 spiro atoms. The number of nitrogens with zero attached hydrogens (tertiary/aromatic N) is 2. The van der Waals surface area contributed by atoms with E-state index in [-0.39, 0.29) is 0 Å². The van der Waals surface area contributed by atoms with Gasteiger partial charge in [0.25, 0.3) is 0 Å². The fourth-order valence-electron chi connectivity index (χ4n) is 2.75. The van der Waals surface area contributed by atoms with Gasteiger partial charge < -0.3 is 4.90 Å². The number of aliphatic imine (C=N–C) groups is 1. The summed E-state index contributed by atoms with van der Waals surface area (Å²) in [7, 11) is 0. The molecule has 2 aromatic rings. The summed E-state index contributed by atoms with van der Waals surface area (Å²) in [6.45, 7) is 4.12. The Morgan fingerprint density at radius 1 is 1.40 bits per heavy atom. The zero-order valence-electron chi connectivity index (χ0n) is 11.0. The Bertz CT molecular complexity index is 760. The number of hydrogen-bond donors (Lipinski definition) is 0. The van der Waals surface area contributed by atoms with Gasteiger partial charge in [0.15, 0.2) is 5.17 Å². The minimum Gasteiger partial charge on any atom is -0.318 e. The van der Waals surface area contributed by atoms with Crippen molar-refractivity contribution >= 4 is 55.7 Å². The lowest BCUT2D eigenvalue weighted by atomic mass is 10.1. The maximum Gasteiger partial charge on any atom is 0.168 e. The number of halogens is 1. The van der Waals surface area contributed by atoms with Crippen molar-refractivity contribution in [3.8, 4) is 0 Å². The van der Waals surface area contributed by atoms with E-state index in [2.05, 4.69) is 34.3 Å². The zero-order valence-corrected chi connectivity index (χ0v) is 13.4. The highest BCUT2D eigenvalue weighted by atomic mass is 35.5. The van der Waals surface area contributed by atoms with Crippen molar-refractivity contribution in [2.45, 2.75) is 13.3 Å². The molecule has 2 aliphatic rings. The Morgan fingerprint density at radius 3 is 3.15 bits per heavy atom. The lowest BCUT2D eigenvalue weighted by molar-refractivity contribution is 0.647. The Labute approximate surface area is 131 Å². The summed E-state index contributed by atoms with van der Waals surface area (Å²) in [6, 6.07) is 6.16. The third-order valence-corrected chi connectivity index (χ3v) is 6.12. The maximum atomic E-state index is 6.18. The molecule has 2 aliphatic heterocycles. The summed E-state index contributed by atoms with van der Waals surface area (Å²) in [5, 5.41) is 5.49. The monoisotopic (exact) mass is 320 g/mol. The summed E-state index contributed by atoms with van der Waals surface area (Å²) in [6.07, 6.45) is 1.05. The van der Waals surface area contributed by atoms with Crippen molar-refractivity contribution in [3.05, 3.63) is 39.1 Å². The number of fused-ring (bicyclic) bond motifs is 2. The quantitative estimate of drug-likeness (QED) is 0.769. The van der Waals surface area contributed by atoms with Crippen LogP contribution in [0.25, 0.3) is 15.8 Å². The molecule has 5 heteroatoms. The fraction of sp³-hybridized carbons (Fsp3) is 0.267. The first kappa shape index (κ1) is 12.7. The van der Waals surface area contributed by atoms with Crippen LogP contribution >= 0.6 is 34.7 Å². The van der Waals surface area contributed by atoms with E-state index in [9.17, 15) is 0 Å². The predicted molar refractivity (Wildman–Crippen MR) is 90.6 cm³/mol. The van der Waals surface area contributed by atoms with E-state index in [0.717, 1.165) is 24.5 Å².